The molecule has 0 aliphatic carbocycles. The summed E-state index contributed by atoms with van der Waals surface area (Å²) in [5, 5.41) is 17.1. The third-order valence-electron chi connectivity index (χ3n) is 4.67. The number of halogens is 1. The number of nitro benzene ring substituents is 1. The standard InChI is InChI=1S/C23H16ClN3O4/c24-21-13-17(27(29)30)8-10-20(21)22-11-9-18(31-22)14-25-26-23(28)12-16-6-3-5-15-4-1-2-7-19(15)16/h1-11,13-14H,12H2,(H,26,28)/b25-14-. The van der Waals surface area contributed by atoms with E-state index in [1.807, 2.05) is 42.5 Å². The Morgan fingerprint density at radius 2 is 1.90 bits per heavy atom. The average Bonchev–Trinajstić information content (AvgIpc) is 3.22. The first-order valence-corrected chi connectivity index (χ1v) is 9.72. The van der Waals surface area contributed by atoms with Crippen molar-refractivity contribution in [3.8, 4) is 11.3 Å². The molecule has 1 aromatic heterocycles. The Labute approximate surface area is 182 Å². The molecule has 1 amide bonds. The molecule has 0 aliphatic rings. The summed E-state index contributed by atoms with van der Waals surface area (Å²) in [6.07, 6.45) is 1.57. The number of nitro groups is 1. The Balaban J connectivity index is 1.41. The SMILES string of the molecule is O=C(Cc1cccc2ccccc12)N/N=C\c1ccc(-c2ccc([N+](=O)[O-])cc2Cl)o1. The molecule has 0 radical (unpaired) electrons. The number of hydrazone groups is 1. The lowest BCUT2D eigenvalue weighted by molar-refractivity contribution is -0.384. The van der Waals surface area contributed by atoms with Gasteiger partial charge in [-0.25, -0.2) is 5.43 Å². The molecule has 0 saturated heterocycles. The Morgan fingerprint density at radius 1 is 1.10 bits per heavy atom. The fourth-order valence-corrected chi connectivity index (χ4v) is 3.48. The third kappa shape index (κ3) is 4.62. The lowest BCUT2D eigenvalue weighted by Crippen LogP contribution is -2.19. The summed E-state index contributed by atoms with van der Waals surface area (Å²) < 4.78 is 5.65. The van der Waals surface area contributed by atoms with Gasteiger partial charge in [-0.15, -0.1) is 0 Å². The van der Waals surface area contributed by atoms with Crippen LogP contribution in [0, 0.1) is 10.1 Å². The first-order chi connectivity index (χ1) is 15.0. The van der Waals surface area contributed by atoms with E-state index in [9.17, 15) is 14.9 Å². The second-order valence-electron chi connectivity index (χ2n) is 6.73. The van der Waals surface area contributed by atoms with E-state index in [0.29, 0.717) is 17.1 Å². The maximum atomic E-state index is 12.3. The van der Waals surface area contributed by atoms with Crippen molar-refractivity contribution in [2.75, 3.05) is 0 Å². The number of rotatable bonds is 6. The van der Waals surface area contributed by atoms with Crippen LogP contribution in [0.4, 0.5) is 5.69 Å². The molecule has 4 rings (SSSR count). The summed E-state index contributed by atoms with van der Waals surface area (Å²) in [7, 11) is 0. The molecule has 0 saturated carbocycles. The van der Waals surface area contributed by atoms with Crippen LogP contribution < -0.4 is 5.43 Å². The molecule has 1 heterocycles. The highest BCUT2D eigenvalue weighted by molar-refractivity contribution is 6.33. The van der Waals surface area contributed by atoms with Crippen LogP contribution in [0.5, 0.6) is 0 Å². The van der Waals surface area contributed by atoms with Crippen LogP contribution in [0.2, 0.25) is 5.02 Å². The van der Waals surface area contributed by atoms with Gasteiger partial charge in [-0.3, -0.25) is 14.9 Å². The number of nitrogens with zero attached hydrogens (tertiary/aromatic N) is 2. The van der Waals surface area contributed by atoms with Crippen molar-refractivity contribution in [2.45, 2.75) is 6.42 Å². The van der Waals surface area contributed by atoms with Crippen LogP contribution in [0.15, 0.2) is 82.3 Å². The van der Waals surface area contributed by atoms with E-state index >= 15 is 0 Å². The fraction of sp³-hybridized carbons (Fsp3) is 0.0435. The summed E-state index contributed by atoms with van der Waals surface area (Å²) in [5.74, 6) is 0.580. The second kappa shape index (κ2) is 8.81. The quantitative estimate of drug-likeness (QED) is 0.251. The third-order valence-corrected chi connectivity index (χ3v) is 4.98. The number of fused-ring (bicyclic) bond motifs is 1. The van der Waals surface area contributed by atoms with Crippen LogP contribution >= 0.6 is 11.6 Å². The highest BCUT2D eigenvalue weighted by atomic mass is 35.5. The van der Waals surface area contributed by atoms with Gasteiger partial charge in [-0.05, 0) is 34.5 Å². The Kier molecular flexibility index (Phi) is 5.77. The monoisotopic (exact) mass is 433 g/mol. The zero-order valence-corrected chi connectivity index (χ0v) is 16.9. The summed E-state index contributed by atoms with van der Waals surface area (Å²) in [6.45, 7) is 0. The van der Waals surface area contributed by atoms with E-state index in [4.69, 9.17) is 16.0 Å². The Morgan fingerprint density at radius 3 is 2.71 bits per heavy atom. The van der Waals surface area contributed by atoms with E-state index in [2.05, 4.69) is 10.5 Å². The van der Waals surface area contributed by atoms with Crippen LogP contribution in [0.25, 0.3) is 22.1 Å². The van der Waals surface area contributed by atoms with E-state index < -0.39 is 4.92 Å². The van der Waals surface area contributed by atoms with Gasteiger partial charge in [0.05, 0.1) is 22.6 Å². The molecule has 4 aromatic rings. The first-order valence-electron chi connectivity index (χ1n) is 9.34. The van der Waals surface area contributed by atoms with Crippen molar-refractivity contribution in [2.24, 2.45) is 5.10 Å². The summed E-state index contributed by atoms with van der Waals surface area (Å²) in [5.41, 5.74) is 3.83. The van der Waals surface area contributed by atoms with Crippen molar-refractivity contribution < 1.29 is 14.1 Å². The van der Waals surface area contributed by atoms with Crippen molar-refractivity contribution in [3.05, 3.63) is 99.3 Å². The molecular weight excluding hydrogens is 418 g/mol. The molecule has 154 valence electrons. The molecule has 7 nitrogen and oxygen atoms in total. The molecule has 1 N–H and O–H groups in total. The lowest BCUT2D eigenvalue weighted by atomic mass is 10.0. The zero-order chi connectivity index (χ0) is 21.8. The number of carbonyl (C=O) groups excluding carboxylic acids is 1. The topological polar surface area (TPSA) is 97.7 Å². The van der Waals surface area contributed by atoms with E-state index in [1.165, 1.54) is 24.4 Å². The number of hydrogen-bond donors (Lipinski definition) is 1. The molecule has 0 bridgehead atoms. The molecule has 0 spiro atoms. The maximum Gasteiger partial charge on any atom is 0.270 e. The average molecular weight is 434 g/mol. The van der Waals surface area contributed by atoms with Crippen molar-refractivity contribution >= 4 is 40.2 Å². The fourth-order valence-electron chi connectivity index (χ4n) is 3.21. The van der Waals surface area contributed by atoms with Gasteiger partial charge in [-0.2, -0.15) is 5.10 Å². The van der Waals surface area contributed by atoms with Gasteiger partial charge in [0, 0.05) is 17.7 Å². The molecule has 8 heteroatoms. The number of carbonyl (C=O) groups is 1. The van der Waals surface area contributed by atoms with Gasteiger partial charge in [-0.1, -0.05) is 54.1 Å². The largest absolute Gasteiger partial charge is 0.455 e. The van der Waals surface area contributed by atoms with Gasteiger partial charge >= 0.3 is 0 Å². The van der Waals surface area contributed by atoms with E-state index in [-0.39, 0.29) is 23.0 Å². The molecule has 3 aromatic carbocycles. The van der Waals surface area contributed by atoms with Gasteiger partial charge in [0.1, 0.15) is 11.5 Å². The van der Waals surface area contributed by atoms with Crippen molar-refractivity contribution in [3.63, 3.8) is 0 Å². The summed E-state index contributed by atoms with van der Waals surface area (Å²) in [4.78, 5) is 22.6. The predicted octanol–water partition coefficient (Wildman–Crippen LogP) is 5.35. The molecule has 31 heavy (non-hydrogen) atoms. The molecule has 0 unspecified atom stereocenters. The molecule has 0 fully saturated rings. The van der Waals surface area contributed by atoms with Crippen LogP contribution in [-0.4, -0.2) is 17.0 Å². The Hall–Kier alpha value is -3.97. The smallest absolute Gasteiger partial charge is 0.270 e. The van der Waals surface area contributed by atoms with Gasteiger partial charge < -0.3 is 4.42 Å². The van der Waals surface area contributed by atoms with Crippen LogP contribution in [-0.2, 0) is 11.2 Å². The predicted molar refractivity (Wildman–Crippen MR) is 119 cm³/mol. The Bertz CT molecular complexity index is 1310. The van der Waals surface area contributed by atoms with Gasteiger partial charge in [0.15, 0.2) is 0 Å². The minimum absolute atomic E-state index is 0.101. The zero-order valence-electron chi connectivity index (χ0n) is 16.1. The number of nitrogens with one attached hydrogen (secondary N) is 1. The van der Waals surface area contributed by atoms with Gasteiger partial charge in [0.2, 0.25) is 5.91 Å². The number of hydrogen-bond acceptors (Lipinski definition) is 5. The van der Waals surface area contributed by atoms with Crippen molar-refractivity contribution in [1.29, 1.82) is 0 Å². The van der Waals surface area contributed by atoms with Crippen LogP contribution in [0.1, 0.15) is 11.3 Å². The molecule has 0 atom stereocenters. The number of benzene rings is 3. The summed E-state index contributed by atoms with van der Waals surface area (Å²) >= 11 is 6.13. The first kappa shape index (κ1) is 20.3. The lowest BCUT2D eigenvalue weighted by Gasteiger charge is -2.05. The molecule has 0 aliphatic heterocycles. The highest BCUT2D eigenvalue weighted by Crippen LogP contribution is 2.32. The number of non-ortho nitro benzene ring substituents is 1. The van der Waals surface area contributed by atoms with Crippen molar-refractivity contribution in [1.82, 2.24) is 5.43 Å². The normalized spacial score (nSPS) is 11.1. The van der Waals surface area contributed by atoms with E-state index in [0.717, 1.165) is 16.3 Å². The minimum Gasteiger partial charge on any atom is -0.455 e. The highest BCUT2D eigenvalue weighted by Gasteiger charge is 2.13. The second-order valence-corrected chi connectivity index (χ2v) is 7.14. The van der Waals surface area contributed by atoms with Gasteiger partial charge in [0.25, 0.3) is 5.69 Å². The summed E-state index contributed by atoms with van der Waals surface area (Å²) in [6, 6.07) is 21.2. The minimum atomic E-state index is -0.517. The number of amides is 1. The molecular formula is C23H16ClN3O4. The van der Waals surface area contributed by atoms with E-state index in [1.54, 1.807) is 12.1 Å². The maximum absolute atomic E-state index is 12.3. The van der Waals surface area contributed by atoms with Crippen LogP contribution in [0.3, 0.4) is 0 Å². The number of furan rings is 1.